The molecule has 5 nitrogen and oxygen atoms in total. The van der Waals surface area contributed by atoms with Gasteiger partial charge in [0, 0.05) is 16.4 Å². The number of carbonyl (C=O) groups excluding carboxylic acids is 1. The number of thiocarbonyl (C=S) groups is 1. The number of aromatic nitrogens is 1. The van der Waals surface area contributed by atoms with E-state index in [-0.39, 0.29) is 5.91 Å². The van der Waals surface area contributed by atoms with Gasteiger partial charge in [-0.3, -0.25) is 15.6 Å². The molecular weight excluding hydrogens is 364 g/mol. The molecule has 0 saturated carbocycles. The molecule has 22 heavy (non-hydrogen) atoms. The second kappa shape index (κ2) is 7.42. The SMILES string of the molecule is CC(C)c1ccc(NC(=S)NNC(=O)c2cc(Br)c[nH]2)cc1. The Morgan fingerprint density at radius 2 is 1.91 bits per heavy atom. The van der Waals surface area contributed by atoms with Crippen LogP contribution in [0.1, 0.15) is 35.8 Å². The van der Waals surface area contributed by atoms with Crippen molar-refractivity contribution in [2.45, 2.75) is 19.8 Å². The van der Waals surface area contributed by atoms with E-state index in [4.69, 9.17) is 12.2 Å². The second-order valence-electron chi connectivity index (χ2n) is 5.04. The third-order valence-corrected chi connectivity index (χ3v) is 3.68. The summed E-state index contributed by atoms with van der Waals surface area (Å²) in [5.74, 6) is 0.184. The van der Waals surface area contributed by atoms with Crippen molar-refractivity contribution < 1.29 is 4.79 Å². The van der Waals surface area contributed by atoms with Gasteiger partial charge in [0.1, 0.15) is 5.69 Å². The molecule has 0 aliphatic heterocycles. The van der Waals surface area contributed by atoms with Gasteiger partial charge in [-0.15, -0.1) is 0 Å². The molecule has 2 rings (SSSR count). The van der Waals surface area contributed by atoms with Crippen LogP contribution in [0.3, 0.4) is 0 Å². The minimum Gasteiger partial charge on any atom is -0.356 e. The summed E-state index contributed by atoms with van der Waals surface area (Å²) in [6.45, 7) is 4.28. The lowest BCUT2D eigenvalue weighted by atomic mass is 10.0. The normalized spacial score (nSPS) is 10.4. The van der Waals surface area contributed by atoms with Crippen molar-refractivity contribution in [3.8, 4) is 0 Å². The summed E-state index contributed by atoms with van der Waals surface area (Å²) < 4.78 is 0.809. The summed E-state index contributed by atoms with van der Waals surface area (Å²) in [5, 5.41) is 3.32. The molecule has 1 amide bonds. The largest absolute Gasteiger partial charge is 0.356 e. The van der Waals surface area contributed by atoms with Crippen LogP contribution in [-0.4, -0.2) is 16.0 Å². The maximum absolute atomic E-state index is 11.8. The first kappa shape index (κ1) is 16.5. The van der Waals surface area contributed by atoms with Crippen LogP contribution in [0.15, 0.2) is 41.0 Å². The molecule has 0 radical (unpaired) electrons. The van der Waals surface area contributed by atoms with Crippen LogP contribution < -0.4 is 16.2 Å². The van der Waals surface area contributed by atoms with Crippen LogP contribution in [0.5, 0.6) is 0 Å². The van der Waals surface area contributed by atoms with E-state index in [9.17, 15) is 4.79 Å². The summed E-state index contributed by atoms with van der Waals surface area (Å²) in [7, 11) is 0. The highest BCUT2D eigenvalue weighted by Gasteiger charge is 2.08. The van der Waals surface area contributed by atoms with Crippen molar-refractivity contribution >= 4 is 44.9 Å². The zero-order valence-corrected chi connectivity index (χ0v) is 14.6. The molecule has 0 bridgehead atoms. The van der Waals surface area contributed by atoms with Crippen molar-refractivity contribution in [1.82, 2.24) is 15.8 Å². The van der Waals surface area contributed by atoms with E-state index in [2.05, 4.69) is 50.9 Å². The molecule has 1 aromatic heterocycles. The van der Waals surface area contributed by atoms with Gasteiger partial charge in [0.15, 0.2) is 5.11 Å². The molecule has 0 fully saturated rings. The number of H-pyrrole nitrogens is 1. The zero-order chi connectivity index (χ0) is 16.1. The lowest BCUT2D eigenvalue weighted by molar-refractivity contribution is 0.0940. The molecule has 2 aromatic rings. The van der Waals surface area contributed by atoms with Crippen LogP contribution in [0.2, 0.25) is 0 Å². The van der Waals surface area contributed by atoms with E-state index in [1.807, 2.05) is 24.3 Å². The van der Waals surface area contributed by atoms with Gasteiger partial charge in [-0.1, -0.05) is 26.0 Å². The highest BCUT2D eigenvalue weighted by molar-refractivity contribution is 9.10. The predicted molar refractivity (Wildman–Crippen MR) is 95.8 cm³/mol. The van der Waals surface area contributed by atoms with Crippen molar-refractivity contribution in [2.24, 2.45) is 0 Å². The van der Waals surface area contributed by atoms with Gasteiger partial charge in [-0.25, -0.2) is 0 Å². The lowest BCUT2D eigenvalue weighted by Gasteiger charge is -2.12. The summed E-state index contributed by atoms with van der Waals surface area (Å²) >= 11 is 8.41. The van der Waals surface area contributed by atoms with Gasteiger partial charge in [-0.2, -0.15) is 0 Å². The van der Waals surface area contributed by atoms with Crippen LogP contribution in [0, 0.1) is 0 Å². The number of anilines is 1. The first-order valence-corrected chi connectivity index (χ1v) is 7.97. The van der Waals surface area contributed by atoms with Crippen molar-refractivity contribution in [3.63, 3.8) is 0 Å². The van der Waals surface area contributed by atoms with E-state index < -0.39 is 0 Å². The van der Waals surface area contributed by atoms with E-state index in [1.54, 1.807) is 12.3 Å². The number of aromatic amines is 1. The molecule has 0 aliphatic carbocycles. The van der Waals surface area contributed by atoms with Gasteiger partial charge in [0.25, 0.3) is 5.91 Å². The van der Waals surface area contributed by atoms with E-state index in [0.29, 0.717) is 16.7 Å². The van der Waals surface area contributed by atoms with Crippen LogP contribution in [-0.2, 0) is 0 Å². The van der Waals surface area contributed by atoms with Gasteiger partial charge in [0.05, 0.1) is 0 Å². The topological polar surface area (TPSA) is 68.9 Å². The Balaban J connectivity index is 1.84. The molecule has 1 aromatic carbocycles. The molecule has 7 heteroatoms. The molecule has 0 aliphatic rings. The fourth-order valence-corrected chi connectivity index (χ4v) is 2.31. The number of hydrogen-bond donors (Lipinski definition) is 4. The van der Waals surface area contributed by atoms with Crippen molar-refractivity contribution in [1.29, 1.82) is 0 Å². The molecule has 0 saturated heterocycles. The van der Waals surface area contributed by atoms with E-state index in [0.717, 1.165) is 10.2 Å². The third-order valence-electron chi connectivity index (χ3n) is 3.02. The monoisotopic (exact) mass is 380 g/mol. The quantitative estimate of drug-likeness (QED) is 0.485. The summed E-state index contributed by atoms with van der Waals surface area (Å²) in [4.78, 5) is 14.7. The third kappa shape index (κ3) is 4.57. The second-order valence-corrected chi connectivity index (χ2v) is 6.37. The first-order valence-electron chi connectivity index (χ1n) is 6.77. The van der Waals surface area contributed by atoms with E-state index in [1.165, 1.54) is 5.56 Å². The Hall–Kier alpha value is -1.86. The van der Waals surface area contributed by atoms with Gasteiger partial charge in [-0.05, 0) is 57.8 Å². The van der Waals surface area contributed by atoms with Crippen LogP contribution >= 0.6 is 28.1 Å². The van der Waals surface area contributed by atoms with Gasteiger partial charge >= 0.3 is 0 Å². The number of nitrogens with one attached hydrogen (secondary N) is 4. The number of amides is 1. The van der Waals surface area contributed by atoms with Crippen LogP contribution in [0.4, 0.5) is 5.69 Å². The minimum absolute atomic E-state index is 0.301. The first-order chi connectivity index (χ1) is 10.5. The predicted octanol–water partition coefficient (Wildman–Crippen LogP) is 3.53. The Kier molecular flexibility index (Phi) is 5.57. The molecule has 0 atom stereocenters. The highest BCUT2D eigenvalue weighted by Crippen LogP contribution is 2.17. The molecular formula is C15H17BrN4OS. The van der Waals surface area contributed by atoms with Crippen LogP contribution in [0.25, 0.3) is 0 Å². The number of benzene rings is 1. The Labute approximate surface area is 143 Å². The number of carbonyl (C=O) groups is 1. The molecule has 116 valence electrons. The smallest absolute Gasteiger partial charge is 0.286 e. The molecule has 1 heterocycles. The molecule has 0 unspecified atom stereocenters. The Morgan fingerprint density at radius 3 is 2.45 bits per heavy atom. The average molecular weight is 381 g/mol. The Morgan fingerprint density at radius 1 is 1.23 bits per heavy atom. The maximum Gasteiger partial charge on any atom is 0.286 e. The summed E-state index contributed by atoms with van der Waals surface area (Å²) in [6, 6.07) is 9.67. The number of hydrazine groups is 1. The number of rotatable bonds is 3. The average Bonchev–Trinajstić information content (AvgIpc) is 2.92. The fraction of sp³-hybridized carbons (Fsp3) is 0.200. The lowest BCUT2D eigenvalue weighted by Crippen LogP contribution is -2.43. The highest BCUT2D eigenvalue weighted by atomic mass is 79.9. The van der Waals surface area contributed by atoms with Gasteiger partial charge < -0.3 is 10.3 Å². The maximum atomic E-state index is 11.8. The number of hydrogen-bond acceptors (Lipinski definition) is 2. The van der Waals surface area contributed by atoms with Crippen molar-refractivity contribution in [3.05, 3.63) is 52.3 Å². The summed E-state index contributed by atoms with van der Waals surface area (Å²) in [5.41, 5.74) is 7.73. The van der Waals surface area contributed by atoms with Crippen molar-refractivity contribution in [2.75, 3.05) is 5.32 Å². The molecule has 0 spiro atoms. The zero-order valence-electron chi connectivity index (χ0n) is 12.2. The molecule has 4 N–H and O–H groups in total. The Bertz CT molecular complexity index is 666. The fourth-order valence-electron chi connectivity index (χ4n) is 1.79. The standard InChI is InChI=1S/C15H17BrN4OS/c1-9(2)10-3-5-12(6-4-10)18-15(22)20-19-14(21)13-7-11(16)8-17-13/h3-9,17H,1-2H3,(H,19,21)(H2,18,20,22). The number of halogens is 1. The van der Waals surface area contributed by atoms with Gasteiger partial charge in [0.2, 0.25) is 0 Å². The van der Waals surface area contributed by atoms with E-state index >= 15 is 0 Å². The minimum atomic E-state index is -0.301. The summed E-state index contributed by atoms with van der Waals surface area (Å²) in [6.07, 6.45) is 1.68.